The number of aryl methyl sites for hydroxylation is 3. The van der Waals surface area contributed by atoms with Crippen LogP contribution in [0.5, 0.6) is 0 Å². The Labute approximate surface area is 124 Å². The Morgan fingerprint density at radius 1 is 1.10 bits per heavy atom. The molecule has 1 heterocycles. The fraction of sp³-hybridized carbons (Fsp3) is 0.400. The third-order valence-corrected chi connectivity index (χ3v) is 5.49. The predicted molar refractivity (Wildman–Crippen MR) is 83.7 cm³/mol. The summed E-state index contributed by atoms with van der Waals surface area (Å²) in [7, 11) is -3.17. The maximum atomic E-state index is 12.3. The van der Waals surface area contributed by atoms with Crippen LogP contribution in [0.2, 0.25) is 0 Å². The number of hydrogen-bond acceptors (Lipinski definition) is 4. The monoisotopic (exact) mass is 309 g/mol. The summed E-state index contributed by atoms with van der Waals surface area (Å²) in [6.07, 6.45) is 0.849. The largest absolute Gasteiger partial charge is 0.245 e. The van der Waals surface area contributed by atoms with Gasteiger partial charge in [-0.15, -0.1) is 11.3 Å². The standard InChI is InChI=1S/C15H19NO2S2/c1-4-15-16-14(8-19-15)10-20(17,18)9-13-6-11(2)5-12(3)7-13/h5-8H,4,9-10H2,1-3H3. The third-order valence-electron chi connectivity index (χ3n) is 2.94. The van der Waals surface area contributed by atoms with Crippen molar-refractivity contribution in [3.63, 3.8) is 0 Å². The van der Waals surface area contributed by atoms with Crippen molar-refractivity contribution in [3.05, 3.63) is 51.0 Å². The number of hydrogen-bond donors (Lipinski definition) is 0. The van der Waals surface area contributed by atoms with Crippen molar-refractivity contribution < 1.29 is 8.42 Å². The van der Waals surface area contributed by atoms with Crippen LogP contribution >= 0.6 is 11.3 Å². The molecule has 0 aliphatic carbocycles. The minimum atomic E-state index is -3.17. The molecule has 1 aromatic heterocycles. The normalized spacial score (nSPS) is 11.8. The number of nitrogens with zero attached hydrogens (tertiary/aromatic N) is 1. The first kappa shape index (κ1) is 15.2. The summed E-state index contributed by atoms with van der Waals surface area (Å²) in [6, 6.07) is 5.91. The van der Waals surface area contributed by atoms with Gasteiger partial charge in [-0.05, 0) is 25.8 Å². The van der Waals surface area contributed by atoms with Crippen LogP contribution in [-0.4, -0.2) is 13.4 Å². The molecular formula is C15H19NO2S2. The third kappa shape index (κ3) is 4.15. The Kier molecular flexibility index (Phi) is 4.60. The van der Waals surface area contributed by atoms with E-state index < -0.39 is 9.84 Å². The zero-order chi connectivity index (χ0) is 14.8. The van der Waals surface area contributed by atoms with Crippen LogP contribution in [0.15, 0.2) is 23.6 Å². The zero-order valence-electron chi connectivity index (χ0n) is 12.0. The van der Waals surface area contributed by atoms with Gasteiger partial charge in [0, 0.05) is 5.38 Å². The SMILES string of the molecule is CCc1nc(CS(=O)(=O)Cc2cc(C)cc(C)c2)cs1. The van der Waals surface area contributed by atoms with Crippen LogP contribution in [0.25, 0.3) is 0 Å². The highest BCUT2D eigenvalue weighted by Crippen LogP contribution is 2.17. The summed E-state index contributed by atoms with van der Waals surface area (Å²) < 4.78 is 24.5. The average Bonchev–Trinajstić information content (AvgIpc) is 2.73. The number of thiazole rings is 1. The van der Waals surface area contributed by atoms with Gasteiger partial charge in [0.05, 0.1) is 22.2 Å². The van der Waals surface area contributed by atoms with Gasteiger partial charge in [-0.25, -0.2) is 13.4 Å². The lowest BCUT2D eigenvalue weighted by Gasteiger charge is -2.06. The van der Waals surface area contributed by atoms with E-state index in [1.807, 2.05) is 44.4 Å². The maximum absolute atomic E-state index is 12.3. The Hall–Kier alpha value is -1.20. The summed E-state index contributed by atoms with van der Waals surface area (Å²) in [6.45, 7) is 5.99. The lowest BCUT2D eigenvalue weighted by Crippen LogP contribution is -2.08. The van der Waals surface area contributed by atoms with Crippen LogP contribution in [0.1, 0.15) is 34.3 Å². The fourth-order valence-corrected chi connectivity index (χ4v) is 4.49. The van der Waals surface area contributed by atoms with Gasteiger partial charge < -0.3 is 0 Å². The molecular weight excluding hydrogens is 290 g/mol. The minimum absolute atomic E-state index is 0.0243. The van der Waals surface area contributed by atoms with E-state index in [9.17, 15) is 8.42 Å². The molecule has 0 saturated carbocycles. The summed E-state index contributed by atoms with van der Waals surface area (Å²) in [5, 5.41) is 2.83. The molecule has 20 heavy (non-hydrogen) atoms. The van der Waals surface area contributed by atoms with Crippen LogP contribution in [0, 0.1) is 13.8 Å². The van der Waals surface area contributed by atoms with Gasteiger partial charge in [0.25, 0.3) is 0 Å². The van der Waals surface area contributed by atoms with Gasteiger partial charge in [0.15, 0.2) is 9.84 Å². The van der Waals surface area contributed by atoms with Gasteiger partial charge in [-0.3, -0.25) is 0 Å². The number of sulfone groups is 1. The minimum Gasteiger partial charge on any atom is -0.245 e. The van der Waals surface area contributed by atoms with Crippen LogP contribution in [-0.2, 0) is 27.8 Å². The van der Waals surface area contributed by atoms with Crippen molar-refractivity contribution in [2.45, 2.75) is 38.7 Å². The van der Waals surface area contributed by atoms with Gasteiger partial charge in [0.2, 0.25) is 0 Å². The first-order valence-corrected chi connectivity index (χ1v) is 9.29. The highest BCUT2D eigenvalue weighted by Gasteiger charge is 2.15. The van der Waals surface area contributed by atoms with E-state index in [-0.39, 0.29) is 11.5 Å². The average molecular weight is 309 g/mol. The number of rotatable bonds is 5. The molecule has 108 valence electrons. The molecule has 1 aromatic carbocycles. The van der Waals surface area contributed by atoms with E-state index in [0.29, 0.717) is 5.69 Å². The van der Waals surface area contributed by atoms with E-state index in [1.54, 1.807) is 0 Å². The zero-order valence-corrected chi connectivity index (χ0v) is 13.6. The molecule has 2 rings (SSSR count). The second kappa shape index (κ2) is 6.06. The summed E-state index contributed by atoms with van der Waals surface area (Å²) in [4.78, 5) is 4.33. The molecule has 0 atom stereocenters. The molecule has 0 saturated heterocycles. The van der Waals surface area contributed by atoms with E-state index >= 15 is 0 Å². The molecule has 0 radical (unpaired) electrons. The smallest absolute Gasteiger partial charge is 0.160 e. The molecule has 0 spiro atoms. The van der Waals surface area contributed by atoms with E-state index in [0.717, 1.165) is 28.1 Å². The molecule has 0 N–H and O–H groups in total. The summed E-state index contributed by atoms with van der Waals surface area (Å²) in [5.74, 6) is 0.102. The fourth-order valence-electron chi connectivity index (χ4n) is 2.26. The van der Waals surface area contributed by atoms with Gasteiger partial charge >= 0.3 is 0 Å². The summed E-state index contributed by atoms with van der Waals surface area (Å²) in [5.41, 5.74) is 3.71. The first-order valence-electron chi connectivity index (χ1n) is 6.59. The van der Waals surface area contributed by atoms with Gasteiger partial charge in [0.1, 0.15) is 0 Å². The lowest BCUT2D eigenvalue weighted by molar-refractivity contribution is 0.594. The highest BCUT2D eigenvalue weighted by atomic mass is 32.2. The van der Waals surface area contributed by atoms with Crippen molar-refractivity contribution in [2.75, 3.05) is 0 Å². The Bertz CT molecular complexity index is 682. The van der Waals surface area contributed by atoms with Gasteiger partial charge in [-0.1, -0.05) is 36.2 Å². The van der Waals surface area contributed by atoms with Crippen LogP contribution in [0.3, 0.4) is 0 Å². The second-order valence-corrected chi connectivity index (χ2v) is 8.12. The maximum Gasteiger partial charge on any atom is 0.160 e. The molecule has 0 aliphatic rings. The Balaban J connectivity index is 2.14. The molecule has 0 aliphatic heterocycles. The molecule has 3 nitrogen and oxygen atoms in total. The molecule has 2 aromatic rings. The highest BCUT2D eigenvalue weighted by molar-refractivity contribution is 7.89. The van der Waals surface area contributed by atoms with Crippen molar-refractivity contribution in [1.29, 1.82) is 0 Å². The molecule has 0 fully saturated rings. The number of aromatic nitrogens is 1. The Morgan fingerprint density at radius 2 is 1.75 bits per heavy atom. The number of benzene rings is 1. The Morgan fingerprint density at radius 3 is 2.30 bits per heavy atom. The van der Waals surface area contributed by atoms with Gasteiger partial charge in [-0.2, -0.15) is 0 Å². The molecule has 0 amide bonds. The topological polar surface area (TPSA) is 47.0 Å². The van der Waals surface area contributed by atoms with Crippen molar-refractivity contribution in [1.82, 2.24) is 4.98 Å². The van der Waals surface area contributed by atoms with E-state index in [4.69, 9.17) is 0 Å². The van der Waals surface area contributed by atoms with Crippen molar-refractivity contribution >= 4 is 21.2 Å². The van der Waals surface area contributed by atoms with E-state index in [1.165, 1.54) is 11.3 Å². The van der Waals surface area contributed by atoms with E-state index in [2.05, 4.69) is 4.98 Å². The first-order chi connectivity index (χ1) is 9.38. The van der Waals surface area contributed by atoms with Crippen LogP contribution < -0.4 is 0 Å². The van der Waals surface area contributed by atoms with Crippen LogP contribution in [0.4, 0.5) is 0 Å². The molecule has 0 bridgehead atoms. The lowest BCUT2D eigenvalue weighted by atomic mass is 10.1. The quantitative estimate of drug-likeness (QED) is 0.850. The van der Waals surface area contributed by atoms with Crippen molar-refractivity contribution in [2.24, 2.45) is 0 Å². The molecule has 0 unspecified atom stereocenters. The summed E-state index contributed by atoms with van der Waals surface area (Å²) >= 11 is 1.53. The molecule has 5 heteroatoms. The second-order valence-electron chi connectivity index (χ2n) is 5.11. The predicted octanol–water partition coefficient (Wildman–Crippen LogP) is 3.44. The van der Waals surface area contributed by atoms with Crippen molar-refractivity contribution in [3.8, 4) is 0 Å².